The Hall–Kier alpha value is -0.0800. The zero-order valence-electron chi connectivity index (χ0n) is 7.68. The van der Waals surface area contributed by atoms with Crippen LogP contribution in [0, 0.1) is 0 Å². The number of likely N-dealkylation sites (tertiary alicyclic amines) is 1. The summed E-state index contributed by atoms with van der Waals surface area (Å²) in [7, 11) is 0. The van der Waals surface area contributed by atoms with Gasteiger partial charge in [0, 0.05) is 25.0 Å². The van der Waals surface area contributed by atoms with Crippen molar-refractivity contribution in [3.05, 3.63) is 0 Å². The Morgan fingerprint density at radius 3 is 2.00 bits per heavy atom. The number of ether oxygens (including phenoxy) is 1. The van der Waals surface area contributed by atoms with Crippen molar-refractivity contribution in [2.45, 2.75) is 45.8 Å². The van der Waals surface area contributed by atoms with Gasteiger partial charge in [0.15, 0.2) is 0 Å². The van der Waals surface area contributed by atoms with Crippen LogP contribution in [0.15, 0.2) is 0 Å². The summed E-state index contributed by atoms with van der Waals surface area (Å²) in [6.07, 6.45) is 1.28. The van der Waals surface area contributed by atoms with Crippen molar-refractivity contribution in [2.75, 3.05) is 19.7 Å². The van der Waals surface area contributed by atoms with Crippen LogP contribution in [0.25, 0.3) is 0 Å². The van der Waals surface area contributed by atoms with Crippen LogP contribution >= 0.6 is 0 Å². The van der Waals surface area contributed by atoms with Crippen molar-refractivity contribution in [3.8, 4) is 0 Å². The Kier molecular flexibility index (Phi) is 2.26. The summed E-state index contributed by atoms with van der Waals surface area (Å²) < 4.78 is 5.54. The van der Waals surface area contributed by atoms with Crippen molar-refractivity contribution in [2.24, 2.45) is 0 Å². The van der Waals surface area contributed by atoms with E-state index in [1.165, 1.54) is 6.42 Å². The first-order valence-electron chi connectivity index (χ1n) is 4.41. The molecule has 0 aliphatic carbocycles. The van der Waals surface area contributed by atoms with Gasteiger partial charge in [0.25, 0.3) is 0 Å². The second-order valence-corrected chi connectivity index (χ2v) is 4.81. The number of nitrogens with zero attached hydrogens (tertiary/aromatic N) is 1. The fraction of sp³-hybridized carbons (Fsp3) is 1.00. The van der Waals surface area contributed by atoms with E-state index in [-0.39, 0.29) is 7.43 Å². The van der Waals surface area contributed by atoms with Gasteiger partial charge in [-0.05, 0) is 20.8 Å². The van der Waals surface area contributed by atoms with Crippen LogP contribution in [-0.2, 0) is 4.74 Å². The molecule has 0 aromatic rings. The normalized spacial score (nSPS) is 27.2. The SMILES string of the molecule is C.CC(C)(C)N1CC2(CCO2)C1. The maximum Gasteiger partial charge on any atom is 0.0957 e. The topological polar surface area (TPSA) is 12.5 Å². The van der Waals surface area contributed by atoms with Gasteiger partial charge in [-0.25, -0.2) is 0 Å². The molecule has 12 heavy (non-hydrogen) atoms. The number of hydrogen-bond donors (Lipinski definition) is 0. The van der Waals surface area contributed by atoms with Crippen molar-refractivity contribution in [1.82, 2.24) is 4.90 Å². The zero-order valence-corrected chi connectivity index (χ0v) is 7.68. The predicted molar refractivity (Wildman–Crippen MR) is 51.4 cm³/mol. The van der Waals surface area contributed by atoms with E-state index in [2.05, 4.69) is 25.7 Å². The minimum atomic E-state index is 0. The Morgan fingerprint density at radius 1 is 1.25 bits per heavy atom. The van der Waals surface area contributed by atoms with E-state index in [9.17, 15) is 0 Å². The summed E-state index contributed by atoms with van der Waals surface area (Å²) in [5, 5.41) is 0. The van der Waals surface area contributed by atoms with Gasteiger partial charge in [-0.2, -0.15) is 0 Å². The molecule has 2 heterocycles. The molecule has 0 radical (unpaired) electrons. The van der Waals surface area contributed by atoms with Gasteiger partial charge in [0.2, 0.25) is 0 Å². The first-order chi connectivity index (χ1) is 5.02. The highest BCUT2D eigenvalue weighted by molar-refractivity contribution is 5.05. The van der Waals surface area contributed by atoms with Crippen molar-refractivity contribution >= 4 is 0 Å². The highest BCUT2D eigenvalue weighted by Crippen LogP contribution is 2.39. The third-order valence-corrected chi connectivity index (χ3v) is 2.87. The molecule has 0 saturated carbocycles. The fourth-order valence-corrected chi connectivity index (χ4v) is 1.76. The average Bonchev–Trinajstić information content (AvgIpc) is 1.49. The van der Waals surface area contributed by atoms with E-state index in [0.29, 0.717) is 11.1 Å². The molecule has 0 aromatic heterocycles. The molecule has 1 spiro atoms. The molecule has 2 nitrogen and oxygen atoms in total. The predicted octanol–water partition coefficient (Wildman–Crippen LogP) is 1.90. The van der Waals surface area contributed by atoms with E-state index in [1.807, 2.05) is 0 Å². The van der Waals surface area contributed by atoms with Gasteiger partial charge >= 0.3 is 0 Å². The summed E-state index contributed by atoms with van der Waals surface area (Å²) in [4.78, 5) is 2.48. The second kappa shape index (κ2) is 2.71. The molecule has 2 aliphatic heterocycles. The summed E-state index contributed by atoms with van der Waals surface area (Å²) >= 11 is 0. The highest BCUT2D eigenvalue weighted by Gasteiger charge is 2.51. The van der Waals surface area contributed by atoms with Gasteiger partial charge in [-0.3, -0.25) is 4.90 Å². The monoisotopic (exact) mass is 171 g/mol. The van der Waals surface area contributed by atoms with E-state index in [4.69, 9.17) is 4.74 Å². The summed E-state index contributed by atoms with van der Waals surface area (Å²) in [6.45, 7) is 10.1. The van der Waals surface area contributed by atoms with E-state index >= 15 is 0 Å². The van der Waals surface area contributed by atoms with Crippen LogP contribution in [0.1, 0.15) is 34.6 Å². The van der Waals surface area contributed by atoms with Crippen molar-refractivity contribution in [1.29, 1.82) is 0 Å². The highest BCUT2D eigenvalue weighted by atomic mass is 16.5. The average molecular weight is 171 g/mol. The Balaban J connectivity index is 0.000000720. The third kappa shape index (κ3) is 1.38. The molecule has 0 amide bonds. The molecule has 2 saturated heterocycles. The quantitative estimate of drug-likeness (QED) is 0.552. The van der Waals surface area contributed by atoms with Crippen LogP contribution in [0.2, 0.25) is 0 Å². The van der Waals surface area contributed by atoms with E-state index in [0.717, 1.165) is 19.7 Å². The van der Waals surface area contributed by atoms with Gasteiger partial charge in [-0.1, -0.05) is 7.43 Å². The molecule has 2 aliphatic rings. The minimum absolute atomic E-state index is 0. The maximum atomic E-state index is 5.54. The fourth-order valence-electron chi connectivity index (χ4n) is 1.76. The Bertz CT molecular complexity index is 159. The molecular formula is C10H21NO. The second-order valence-electron chi connectivity index (χ2n) is 4.81. The standard InChI is InChI=1S/C9H17NO.CH4/c1-8(2,3)10-6-9(7-10)4-5-11-9;/h4-7H2,1-3H3;1H4. The first-order valence-corrected chi connectivity index (χ1v) is 4.41. The number of hydrogen-bond acceptors (Lipinski definition) is 2. The van der Waals surface area contributed by atoms with Crippen molar-refractivity contribution in [3.63, 3.8) is 0 Å². The molecule has 2 fully saturated rings. The van der Waals surface area contributed by atoms with Gasteiger partial charge < -0.3 is 4.74 Å². The summed E-state index contributed by atoms with van der Waals surface area (Å²) in [5.41, 5.74) is 0.636. The molecule has 2 heteroatoms. The first kappa shape index (κ1) is 10.0. The Morgan fingerprint density at radius 2 is 1.75 bits per heavy atom. The zero-order chi connectivity index (χ0) is 8.11. The van der Waals surface area contributed by atoms with Crippen LogP contribution in [0.5, 0.6) is 0 Å². The lowest BCUT2D eigenvalue weighted by Crippen LogP contribution is -2.71. The lowest BCUT2D eigenvalue weighted by Gasteiger charge is -2.59. The summed E-state index contributed by atoms with van der Waals surface area (Å²) in [5.74, 6) is 0. The molecule has 0 N–H and O–H groups in total. The van der Waals surface area contributed by atoms with E-state index in [1.54, 1.807) is 0 Å². The molecule has 72 valence electrons. The van der Waals surface area contributed by atoms with Gasteiger partial charge in [0.05, 0.1) is 12.2 Å². The van der Waals surface area contributed by atoms with E-state index < -0.39 is 0 Å². The van der Waals surface area contributed by atoms with Crippen LogP contribution in [0.4, 0.5) is 0 Å². The molecule has 2 rings (SSSR count). The molecule has 0 bridgehead atoms. The number of rotatable bonds is 0. The maximum absolute atomic E-state index is 5.54. The minimum Gasteiger partial charge on any atom is -0.372 e. The van der Waals surface area contributed by atoms with Crippen LogP contribution in [-0.4, -0.2) is 35.7 Å². The lowest BCUT2D eigenvalue weighted by atomic mass is 9.83. The summed E-state index contributed by atoms with van der Waals surface area (Å²) in [6, 6.07) is 0. The van der Waals surface area contributed by atoms with Gasteiger partial charge in [0.1, 0.15) is 0 Å². The third-order valence-electron chi connectivity index (χ3n) is 2.87. The largest absolute Gasteiger partial charge is 0.372 e. The smallest absolute Gasteiger partial charge is 0.0957 e. The molecule has 0 atom stereocenters. The van der Waals surface area contributed by atoms with Crippen LogP contribution in [0.3, 0.4) is 0 Å². The van der Waals surface area contributed by atoms with Gasteiger partial charge in [-0.15, -0.1) is 0 Å². The Labute approximate surface area is 75.9 Å². The van der Waals surface area contributed by atoms with Crippen LogP contribution < -0.4 is 0 Å². The molecular weight excluding hydrogens is 150 g/mol. The molecule has 0 unspecified atom stereocenters. The van der Waals surface area contributed by atoms with Crippen molar-refractivity contribution < 1.29 is 4.74 Å². The molecule has 0 aromatic carbocycles. The lowest BCUT2D eigenvalue weighted by molar-refractivity contribution is -0.237.